The van der Waals surface area contributed by atoms with Crippen molar-refractivity contribution in [3.8, 4) is 0 Å². The van der Waals surface area contributed by atoms with E-state index in [-0.39, 0.29) is 44.4 Å². The van der Waals surface area contributed by atoms with E-state index < -0.39 is 12.1 Å². The summed E-state index contributed by atoms with van der Waals surface area (Å²) in [6.07, 6.45) is 96.9. The first-order chi connectivity index (χ1) is 38.0. The molecule has 0 heterocycles. The molecule has 0 saturated heterocycles. The van der Waals surface area contributed by atoms with Gasteiger partial charge in [0.25, 0.3) is 0 Å². The molecule has 0 aromatic rings. The SMILES string of the molecule is CC/C=C\C/C=C\C/C=C\C/C=C\C/C=C\C/C=C\C/C=C\C/C=C\CCCCC(=O)OCC(COC(=O)CCCC/C=C\C/C=C\C/C=C\C/C=C\CC)OC(=O)CCC/C=C\C/C=C\C/C=C\C/C=C\C/C=C\CC. The fraction of sp³-hybridized carbons (Fsp3) is 0.479. The molecule has 0 amide bonds. The molecule has 0 bridgehead atoms. The minimum absolute atomic E-state index is 0.149. The van der Waals surface area contributed by atoms with Gasteiger partial charge in [-0.1, -0.05) is 227 Å². The van der Waals surface area contributed by atoms with E-state index in [1.54, 1.807) is 0 Å². The molecule has 1 unspecified atom stereocenters. The molecule has 6 nitrogen and oxygen atoms in total. The standard InChI is InChI=1S/C71H104O6/c1-4-7-10-13-16-19-22-25-28-30-31-32-33-34-35-36-37-38-39-41-43-46-49-52-55-58-61-64-70(73)76-67-68(66-75-69(72)63-60-57-54-51-48-45-42-27-24-21-18-15-12-9-6-3)77-71(74)65-62-59-56-53-50-47-44-40-29-26-23-20-17-14-11-8-5-2/h7-12,16-21,25-29,31-32,34-35,37-38,41-44,47-49,51-53,56,68H,4-6,13-15,22-24,30,33,36,39-40,45-46,50,54-55,57-67H2,1-3H3/b10-7-,11-8-,12-9-,19-16-,20-17-,21-18-,28-25-,29-26-,32-31-,35-34-,38-37-,42-27-,43-41-,47-44-,51-48-,52-49-,56-53-. The van der Waals surface area contributed by atoms with Crippen LogP contribution >= 0.6 is 0 Å². The number of hydrogen-bond donors (Lipinski definition) is 0. The van der Waals surface area contributed by atoms with Gasteiger partial charge < -0.3 is 14.2 Å². The molecule has 0 aromatic heterocycles. The normalized spacial score (nSPS) is 13.6. The maximum atomic E-state index is 12.8. The van der Waals surface area contributed by atoms with Crippen molar-refractivity contribution < 1.29 is 28.6 Å². The van der Waals surface area contributed by atoms with Crippen LogP contribution in [0.5, 0.6) is 0 Å². The zero-order valence-corrected chi connectivity index (χ0v) is 48.4. The maximum absolute atomic E-state index is 12.8. The van der Waals surface area contributed by atoms with Gasteiger partial charge in [0.2, 0.25) is 0 Å². The lowest BCUT2D eigenvalue weighted by atomic mass is 10.2. The third-order valence-electron chi connectivity index (χ3n) is 11.3. The van der Waals surface area contributed by atoms with E-state index in [2.05, 4.69) is 227 Å². The number of ether oxygens (including phenoxy) is 3. The van der Waals surface area contributed by atoms with Crippen molar-refractivity contribution in [2.75, 3.05) is 13.2 Å². The number of rotatable bonds is 50. The summed E-state index contributed by atoms with van der Waals surface area (Å²) in [5.74, 6) is -1.11. The zero-order valence-electron chi connectivity index (χ0n) is 48.4. The van der Waals surface area contributed by atoms with Crippen LogP contribution in [0.15, 0.2) is 207 Å². The molecule has 0 aliphatic carbocycles. The van der Waals surface area contributed by atoms with Crippen molar-refractivity contribution in [2.24, 2.45) is 0 Å². The van der Waals surface area contributed by atoms with Gasteiger partial charge in [0.05, 0.1) is 0 Å². The Labute approximate surface area is 470 Å². The fourth-order valence-electron chi connectivity index (χ4n) is 6.95. The first-order valence-electron chi connectivity index (χ1n) is 29.6. The number of carbonyl (C=O) groups excluding carboxylic acids is 3. The van der Waals surface area contributed by atoms with E-state index in [0.29, 0.717) is 19.3 Å². The molecule has 0 aliphatic rings. The number of carbonyl (C=O) groups is 3. The Kier molecular flexibility index (Phi) is 57.6. The molecule has 0 radical (unpaired) electrons. The Hall–Kier alpha value is -6.01. The second-order valence-corrected chi connectivity index (χ2v) is 18.4. The Morgan fingerprint density at radius 3 is 0.714 bits per heavy atom. The Morgan fingerprint density at radius 2 is 0.468 bits per heavy atom. The molecule has 0 fully saturated rings. The molecule has 1 atom stereocenters. The average molecular weight is 1050 g/mol. The molecule has 6 heteroatoms. The van der Waals surface area contributed by atoms with Crippen LogP contribution in [0.4, 0.5) is 0 Å². The summed E-state index contributed by atoms with van der Waals surface area (Å²) in [6.45, 7) is 6.14. The van der Waals surface area contributed by atoms with E-state index >= 15 is 0 Å². The molecule has 0 aliphatic heterocycles. The van der Waals surface area contributed by atoms with E-state index in [1.807, 2.05) is 0 Å². The van der Waals surface area contributed by atoms with Gasteiger partial charge in [0.1, 0.15) is 13.2 Å². The van der Waals surface area contributed by atoms with Crippen LogP contribution in [-0.4, -0.2) is 37.2 Å². The molecular formula is C71H104O6. The molecule has 0 aromatic carbocycles. The van der Waals surface area contributed by atoms with Gasteiger partial charge in [-0.25, -0.2) is 0 Å². The van der Waals surface area contributed by atoms with Gasteiger partial charge in [0.15, 0.2) is 6.10 Å². The van der Waals surface area contributed by atoms with E-state index in [4.69, 9.17) is 14.2 Å². The largest absolute Gasteiger partial charge is 0.462 e. The van der Waals surface area contributed by atoms with Crippen molar-refractivity contribution in [1.82, 2.24) is 0 Å². The third kappa shape index (κ3) is 60.7. The highest BCUT2D eigenvalue weighted by atomic mass is 16.6. The van der Waals surface area contributed by atoms with Crippen molar-refractivity contribution in [3.63, 3.8) is 0 Å². The lowest BCUT2D eigenvalue weighted by Crippen LogP contribution is -2.30. The van der Waals surface area contributed by atoms with E-state index in [0.717, 1.165) is 141 Å². The van der Waals surface area contributed by atoms with Crippen molar-refractivity contribution in [3.05, 3.63) is 207 Å². The average Bonchev–Trinajstić information content (AvgIpc) is 3.43. The summed E-state index contributed by atoms with van der Waals surface area (Å²) >= 11 is 0. The predicted octanol–water partition coefficient (Wildman–Crippen LogP) is 20.4. The smallest absolute Gasteiger partial charge is 0.306 e. The summed E-state index contributed by atoms with van der Waals surface area (Å²) in [7, 11) is 0. The van der Waals surface area contributed by atoms with Crippen LogP contribution < -0.4 is 0 Å². The minimum atomic E-state index is -0.858. The summed E-state index contributed by atoms with van der Waals surface area (Å²) in [5, 5.41) is 0. The second-order valence-electron chi connectivity index (χ2n) is 18.4. The molecule has 77 heavy (non-hydrogen) atoms. The number of allylic oxidation sites excluding steroid dienone is 34. The topological polar surface area (TPSA) is 78.9 Å². The van der Waals surface area contributed by atoms with Gasteiger partial charge in [-0.15, -0.1) is 0 Å². The highest BCUT2D eigenvalue weighted by Crippen LogP contribution is 2.10. The summed E-state index contributed by atoms with van der Waals surface area (Å²) in [5.41, 5.74) is 0. The van der Waals surface area contributed by atoms with E-state index in [1.165, 1.54) is 0 Å². The third-order valence-corrected chi connectivity index (χ3v) is 11.3. The van der Waals surface area contributed by atoms with Crippen LogP contribution in [0.2, 0.25) is 0 Å². The molecule has 0 saturated carbocycles. The Balaban J connectivity index is 4.61. The van der Waals surface area contributed by atoms with Gasteiger partial charge in [-0.3, -0.25) is 14.4 Å². The maximum Gasteiger partial charge on any atom is 0.306 e. The fourth-order valence-corrected chi connectivity index (χ4v) is 6.95. The van der Waals surface area contributed by atoms with Crippen LogP contribution in [0, 0.1) is 0 Å². The lowest BCUT2D eigenvalue weighted by molar-refractivity contribution is -0.167. The van der Waals surface area contributed by atoms with Crippen LogP contribution in [0.25, 0.3) is 0 Å². The van der Waals surface area contributed by atoms with Crippen LogP contribution in [0.1, 0.15) is 201 Å². The van der Waals surface area contributed by atoms with Crippen molar-refractivity contribution in [2.45, 2.75) is 207 Å². The van der Waals surface area contributed by atoms with Crippen molar-refractivity contribution >= 4 is 17.9 Å². The number of unbranched alkanes of at least 4 members (excludes halogenated alkanes) is 5. The highest BCUT2D eigenvalue weighted by Gasteiger charge is 2.19. The Morgan fingerprint density at radius 1 is 0.260 bits per heavy atom. The van der Waals surface area contributed by atoms with Gasteiger partial charge in [-0.2, -0.15) is 0 Å². The van der Waals surface area contributed by atoms with Gasteiger partial charge >= 0.3 is 17.9 Å². The zero-order chi connectivity index (χ0) is 55.7. The quantitative estimate of drug-likeness (QED) is 0.0261. The molecule has 0 rings (SSSR count). The summed E-state index contributed by atoms with van der Waals surface area (Å²) in [4.78, 5) is 38.2. The van der Waals surface area contributed by atoms with Crippen LogP contribution in [0.3, 0.4) is 0 Å². The lowest BCUT2D eigenvalue weighted by Gasteiger charge is -2.18. The highest BCUT2D eigenvalue weighted by molar-refractivity contribution is 5.71. The van der Waals surface area contributed by atoms with Crippen LogP contribution in [-0.2, 0) is 28.6 Å². The minimum Gasteiger partial charge on any atom is -0.462 e. The summed E-state index contributed by atoms with van der Waals surface area (Å²) < 4.78 is 16.7. The molecule has 0 spiro atoms. The Bertz CT molecular complexity index is 1930. The second kappa shape index (κ2) is 62.5. The number of esters is 3. The number of hydrogen-bond acceptors (Lipinski definition) is 6. The van der Waals surface area contributed by atoms with Gasteiger partial charge in [-0.05, 0) is 161 Å². The first-order valence-corrected chi connectivity index (χ1v) is 29.6. The van der Waals surface area contributed by atoms with Gasteiger partial charge in [0, 0.05) is 19.3 Å². The molecule has 424 valence electrons. The predicted molar refractivity (Wildman–Crippen MR) is 333 cm³/mol. The van der Waals surface area contributed by atoms with Crippen molar-refractivity contribution in [1.29, 1.82) is 0 Å². The summed E-state index contributed by atoms with van der Waals surface area (Å²) in [6, 6.07) is 0. The monoisotopic (exact) mass is 1050 g/mol. The van der Waals surface area contributed by atoms with E-state index in [9.17, 15) is 14.4 Å². The first kappa shape index (κ1) is 71.0. The molecule has 0 N–H and O–H groups in total. The molecular weight excluding hydrogens is 949 g/mol.